The Morgan fingerprint density at radius 3 is 2.38 bits per heavy atom. The minimum atomic E-state index is -0.243. The molecule has 1 N–H and O–H groups in total. The zero-order chi connectivity index (χ0) is 15.4. The second-order valence-corrected chi connectivity index (χ2v) is 6.56. The van der Waals surface area contributed by atoms with Crippen molar-refractivity contribution < 1.29 is 4.39 Å². The maximum absolute atomic E-state index is 13.1. The maximum atomic E-state index is 13.1. The van der Waals surface area contributed by atoms with Gasteiger partial charge in [0.1, 0.15) is 5.82 Å². The van der Waals surface area contributed by atoms with Gasteiger partial charge in [0.2, 0.25) is 0 Å². The van der Waals surface area contributed by atoms with Crippen LogP contribution in [0.3, 0.4) is 0 Å². The first-order chi connectivity index (χ1) is 9.99. The largest absolute Gasteiger partial charge is 0.316 e. The Kier molecular flexibility index (Phi) is 6.06. The van der Waals surface area contributed by atoms with Crippen molar-refractivity contribution in [1.29, 1.82) is 0 Å². The van der Waals surface area contributed by atoms with E-state index >= 15 is 0 Å². The average Bonchev–Trinajstić information content (AvgIpc) is 2.43. The molecule has 0 aliphatic carbocycles. The number of benzene rings is 2. The molecule has 0 radical (unpaired) electrons. The summed E-state index contributed by atoms with van der Waals surface area (Å²) in [5, 5.41) is 4.57. The minimum absolute atomic E-state index is 0.199. The van der Waals surface area contributed by atoms with Crippen LogP contribution in [0.5, 0.6) is 0 Å². The Balaban J connectivity index is 2.13. The molecule has 5 heteroatoms. The van der Waals surface area contributed by atoms with Gasteiger partial charge in [0.25, 0.3) is 0 Å². The molecular weight excluding hydrogens is 376 g/mol. The van der Waals surface area contributed by atoms with Crippen LogP contribution < -0.4 is 5.32 Å². The highest BCUT2D eigenvalue weighted by atomic mass is 79.9. The van der Waals surface area contributed by atoms with Crippen LogP contribution in [0.15, 0.2) is 40.9 Å². The first-order valence-electron chi connectivity index (χ1n) is 6.54. The maximum Gasteiger partial charge on any atom is 0.124 e. The summed E-state index contributed by atoms with van der Waals surface area (Å²) in [6, 6.07) is 10.5. The summed E-state index contributed by atoms with van der Waals surface area (Å²) >= 11 is 15.5. The van der Waals surface area contributed by atoms with Gasteiger partial charge in [0.05, 0.1) is 0 Å². The summed E-state index contributed by atoms with van der Waals surface area (Å²) in [6.07, 6.45) is 1.55. The van der Waals surface area contributed by atoms with E-state index in [1.54, 1.807) is 12.1 Å². The molecule has 0 fully saturated rings. The van der Waals surface area contributed by atoms with Crippen molar-refractivity contribution in [2.24, 2.45) is 0 Å². The van der Waals surface area contributed by atoms with Crippen molar-refractivity contribution in [2.45, 2.75) is 18.9 Å². The lowest BCUT2D eigenvalue weighted by Gasteiger charge is -2.18. The predicted octanol–water partition coefficient (Wildman–Crippen LogP) is 5.27. The number of rotatable bonds is 5. The van der Waals surface area contributed by atoms with E-state index in [9.17, 15) is 4.39 Å². The number of likely N-dealkylation sites (N-methyl/N-ethyl adjacent to an activating group) is 1. The van der Waals surface area contributed by atoms with Crippen LogP contribution in [0.1, 0.15) is 11.1 Å². The van der Waals surface area contributed by atoms with E-state index in [0.717, 1.165) is 28.4 Å². The topological polar surface area (TPSA) is 12.0 Å². The standard InChI is InChI=1S/C16H15BrCl2FN/c1-21-14(6-10-3-5-13(20)9-15(10)17)7-11-2-4-12(18)8-16(11)19/h2-5,8-9,14,21H,6-7H2,1H3. The van der Waals surface area contributed by atoms with Gasteiger partial charge in [-0.05, 0) is 55.3 Å². The number of hydrogen-bond acceptors (Lipinski definition) is 1. The van der Waals surface area contributed by atoms with E-state index in [0.29, 0.717) is 10.0 Å². The average molecular weight is 391 g/mol. The fourth-order valence-electron chi connectivity index (χ4n) is 2.18. The summed E-state index contributed by atoms with van der Waals surface area (Å²) in [6.45, 7) is 0. The van der Waals surface area contributed by atoms with E-state index in [4.69, 9.17) is 23.2 Å². The van der Waals surface area contributed by atoms with Crippen molar-refractivity contribution in [3.8, 4) is 0 Å². The lowest BCUT2D eigenvalue weighted by molar-refractivity contribution is 0.554. The van der Waals surface area contributed by atoms with Crippen molar-refractivity contribution >= 4 is 39.1 Å². The summed E-state index contributed by atoms with van der Waals surface area (Å²) < 4.78 is 13.9. The second kappa shape index (κ2) is 7.59. The smallest absolute Gasteiger partial charge is 0.124 e. The molecule has 2 aromatic carbocycles. The molecule has 0 spiro atoms. The first kappa shape index (κ1) is 16.8. The van der Waals surface area contributed by atoms with Crippen LogP contribution >= 0.6 is 39.1 Å². The van der Waals surface area contributed by atoms with Gasteiger partial charge in [-0.1, -0.05) is 51.3 Å². The highest BCUT2D eigenvalue weighted by molar-refractivity contribution is 9.10. The summed E-state index contributed by atoms with van der Waals surface area (Å²) in [4.78, 5) is 0. The zero-order valence-electron chi connectivity index (χ0n) is 11.5. The van der Waals surface area contributed by atoms with E-state index in [2.05, 4.69) is 21.2 Å². The molecule has 2 aromatic rings. The molecule has 21 heavy (non-hydrogen) atoms. The molecule has 1 unspecified atom stereocenters. The Labute approximate surface area is 142 Å². The van der Waals surface area contributed by atoms with Gasteiger partial charge in [-0.25, -0.2) is 4.39 Å². The van der Waals surface area contributed by atoms with E-state index in [1.165, 1.54) is 12.1 Å². The molecule has 0 saturated heterocycles. The van der Waals surface area contributed by atoms with Gasteiger partial charge in [0, 0.05) is 20.6 Å². The summed E-state index contributed by atoms with van der Waals surface area (Å²) in [7, 11) is 1.91. The van der Waals surface area contributed by atoms with E-state index < -0.39 is 0 Å². The quantitative estimate of drug-likeness (QED) is 0.733. The third-order valence-corrected chi connectivity index (χ3v) is 4.70. The van der Waals surface area contributed by atoms with Gasteiger partial charge < -0.3 is 5.32 Å². The van der Waals surface area contributed by atoms with Gasteiger partial charge in [-0.15, -0.1) is 0 Å². The van der Waals surface area contributed by atoms with Gasteiger partial charge in [0.15, 0.2) is 0 Å². The molecule has 0 aromatic heterocycles. The van der Waals surface area contributed by atoms with E-state index in [-0.39, 0.29) is 11.9 Å². The van der Waals surface area contributed by atoms with Crippen LogP contribution in [-0.4, -0.2) is 13.1 Å². The Bertz CT molecular complexity index is 580. The highest BCUT2D eigenvalue weighted by Crippen LogP contribution is 2.24. The molecule has 2 rings (SSSR count). The van der Waals surface area contributed by atoms with Crippen LogP contribution in [0, 0.1) is 5.82 Å². The van der Waals surface area contributed by atoms with Crippen molar-refractivity contribution in [3.63, 3.8) is 0 Å². The Hall–Kier alpha value is -0.610. The summed E-state index contributed by atoms with van der Waals surface area (Å²) in [5.74, 6) is -0.243. The first-order valence-corrected chi connectivity index (χ1v) is 8.09. The third-order valence-electron chi connectivity index (χ3n) is 3.37. The fraction of sp³-hybridized carbons (Fsp3) is 0.250. The molecule has 0 aliphatic rings. The van der Waals surface area contributed by atoms with Crippen LogP contribution in [0.25, 0.3) is 0 Å². The summed E-state index contributed by atoms with van der Waals surface area (Å²) in [5.41, 5.74) is 2.10. The number of halogens is 4. The SMILES string of the molecule is CNC(Cc1ccc(Cl)cc1Cl)Cc1ccc(F)cc1Br. The fourth-order valence-corrected chi connectivity index (χ4v) is 3.18. The Morgan fingerprint density at radius 1 is 1.10 bits per heavy atom. The van der Waals surface area contributed by atoms with Crippen LogP contribution in [0.2, 0.25) is 10.0 Å². The molecule has 1 nitrogen and oxygen atoms in total. The van der Waals surface area contributed by atoms with Crippen LogP contribution in [-0.2, 0) is 12.8 Å². The van der Waals surface area contributed by atoms with Gasteiger partial charge in [-0.2, -0.15) is 0 Å². The van der Waals surface area contributed by atoms with Crippen molar-refractivity contribution in [3.05, 3.63) is 67.9 Å². The molecule has 0 amide bonds. The second-order valence-electron chi connectivity index (χ2n) is 4.87. The molecular formula is C16H15BrCl2FN. The molecule has 112 valence electrons. The van der Waals surface area contributed by atoms with Crippen molar-refractivity contribution in [2.75, 3.05) is 7.05 Å². The lowest BCUT2D eigenvalue weighted by Crippen LogP contribution is -2.30. The number of hydrogen-bond donors (Lipinski definition) is 1. The monoisotopic (exact) mass is 389 g/mol. The highest BCUT2D eigenvalue weighted by Gasteiger charge is 2.13. The van der Waals surface area contributed by atoms with Gasteiger partial charge >= 0.3 is 0 Å². The molecule has 1 atom stereocenters. The molecule has 0 aliphatic heterocycles. The molecule has 0 heterocycles. The zero-order valence-corrected chi connectivity index (χ0v) is 14.6. The normalized spacial score (nSPS) is 12.4. The van der Waals surface area contributed by atoms with Gasteiger partial charge in [-0.3, -0.25) is 0 Å². The van der Waals surface area contributed by atoms with Crippen molar-refractivity contribution in [1.82, 2.24) is 5.32 Å². The third kappa shape index (κ3) is 4.68. The molecule has 0 bridgehead atoms. The molecule has 0 saturated carbocycles. The lowest BCUT2D eigenvalue weighted by atomic mass is 9.99. The number of nitrogens with one attached hydrogen (secondary N) is 1. The predicted molar refractivity (Wildman–Crippen MR) is 90.8 cm³/mol. The van der Waals surface area contributed by atoms with E-state index in [1.807, 2.05) is 19.2 Å². The Morgan fingerprint density at radius 2 is 1.76 bits per heavy atom. The van der Waals surface area contributed by atoms with Crippen LogP contribution in [0.4, 0.5) is 4.39 Å². The minimum Gasteiger partial charge on any atom is -0.316 e.